The van der Waals surface area contributed by atoms with Crippen LogP contribution in [0.3, 0.4) is 0 Å². The topological polar surface area (TPSA) is 73.2 Å². The molecule has 0 radical (unpaired) electrons. The minimum atomic E-state index is -0.981. The van der Waals surface area contributed by atoms with E-state index in [2.05, 4.69) is 10.4 Å². The fourth-order valence-corrected chi connectivity index (χ4v) is 4.11. The number of aromatic nitrogens is 2. The molecule has 0 saturated heterocycles. The van der Waals surface area contributed by atoms with Crippen molar-refractivity contribution in [2.45, 2.75) is 37.1 Å². The molecule has 1 amide bonds. The number of esters is 1. The van der Waals surface area contributed by atoms with Crippen molar-refractivity contribution in [3.05, 3.63) is 46.8 Å². The summed E-state index contributed by atoms with van der Waals surface area (Å²) in [5.74, 6) is -1.65. The van der Waals surface area contributed by atoms with Gasteiger partial charge in [0.15, 0.2) is 11.5 Å². The fourth-order valence-electron chi connectivity index (χ4n) is 4.11. The lowest BCUT2D eigenvalue weighted by Crippen LogP contribution is -2.44. The van der Waals surface area contributed by atoms with Gasteiger partial charge in [-0.3, -0.25) is 4.79 Å². The maximum atomic E-state index is 14.3. The molecule has 3 aliphatic carbocycles. The van der Waals surface area contributed by atoms with Crippen molar-refractivity contribution in [1.29, 1.82) is 0 Å². The van der Waals surface area contributed by atoms with Crippen LogP contribution in [-0.2, 0) is 16.0 Å². The lowest BCUT2D eigenvalue weighted by molar-refractivity contribution is -0.144. The van der Waals surface area contributed by atoms with Crippen molar-refractivity contribution in [2.24, 2.45) is 5.92 Å². The lowest BCUT2D eigenvalue weighted by Gasteiger charge is -2.14. The number of nitrogens with zero attached hydrogens (tertiary/aromatic N) is 2. The Morgan fingerprint density at radius 1 is 1.33 bits per heavy atom. The fraction of sp³-hybridized carbons (Fsp3) is 0.421. The second-order valence-corrected chi connectivity index (χ2v) is 7.55. The smallest absolute Gasteiger partial charge is 0.331 e. The number of amides is 1. The minimum absolute atomic E-state index is 0.119. The first-order valence-electron chi connectivity index (χ1n) is 8.91. The molecule has 0 spiro atoms. The molecule has 2 atom stereocenters. The van der Waals surface area contributed by atoms with Crippen LogP contribution in [0.2, 0.25) is 0 Å². The summed E-state index contributed by atoms with van der Waals surface area (Å²) in [6.07, 6.45) is 2.73. The number of carbonyl (C=O) groups excluding carboxylic acids is 2. The molecule has 0 bridgehead atoms. The normalized spacial score (nSPS) is 23.4. The highest BCUT2D eigenvalue weighted by Crippen LogP contribution is 2.57. The van der Waals surface area contributed by atoms with Crippen LogP contribution in [-0.4, -0.2) is 34.3 Å². The third-order valence-corrected chi connectivity index (χ3v) is 5.80. The Labute approximate surface area is 153 Å². The molecule has 1 N–H and O–H groups in total. The Balaban J connectivity index is 1.54. The lowest BCUT2D eigenvalue weighted by atomic mass is 10.1. The largest absolute Gasteiger partial charge is 0.467 e. The molecule has 8 heteroatoms. The summed E-state index contributed by atoms with van der Waals surface area (Å²) in [7, 11) is 1.28. The van der Waals surface area contributed by atoms with Gasteiger partial charge in [-0.05, 0) is 43.7 Å². The minimum Gasteiger partial charge on any atom is -0.467 e. The van der Waals surface area contributed by atoms with Crippen molar-refractivity contribution in [1.82, 2.24) is 15.1 Å². The average Bonchev–Trinajstić information content (AvgIpc) is 3.51. The molecule has 1 heterocycles. The average molecular weight is 373 g/mol. The van der Waals surface area contributed by atoms with Gasteiger partial charge >= 0.3 is 5.97 Å². The van der Waals surface area contributed by atoms with E-state index >= 15 is 0 Å². The monoisotopic (exact) mass is 373 g/mol. The molecule has 1 aromatic carbocycles. The molecule has 2 saturated carbocycles. The Hall–Kier alpha value is -2.77. The van der Waals surface area contributed by atoms with Gasteiger partial charge in [-0.1, -0.05) is 0 Å². The van der Waals surface area contributed by atoms with E-state index in [4.69, 9.17) is 4.74 Å². The number of halogens is 2. The first kappa shape index (κ1) is 16.4. The van der Waals surface area contributed by atoms with Crippen LogP contribution in [0, 0.1) is 17.6 Å². The highest BCUT2D eigenvalue weighted by Gasteiger charge is 2.54. The van der Waals surface area contributed by atoms with Crippen LogP contribution < -0.4 is 5.32 Å². The van der Waals surface area contributed by atoms with Crippen molar-refractivity contribution in [3.63, 3.8) is 0 Å². The first-order valence-corrected chi connectivity index (χ1v) is 8.91. The SMILES string of the molecule is COC(=O)C1(NC(=O)c2nn(-c3ccc(F)cc3F)c3c2C[C@@H]2C[C@H]32)CC1. The van der Waals surface area contributed by atoms with Gasteiger partial charge in [0.25, 0.3) is 5.91 Å². The Morgan fingerprint density at radius 3 is 2.78 bits per heavy atom. The Bertz CT molecular complexity index is 996. The number of hydrogen-bond acceptors (Lipinski definition) is 4. The van der Waals surface area contributed by atoms with Gasteiger partial charge in [0, 0.05) is 17.5 Å². The molecule has 140 valence electrons. The standard InChI is InChI=1S/C19H17F2N3O3/c1-27-18(26)19(4-5-19)22-17(25)15-12-7-9-6-11(9)16(12)24(23-15)14-3-2-10(20)8-13(14)21/h2-3,8-9,11H,4-7H2,1H3,(H,22,25)/t9-,11-/m0/s1. The van der Waals surface area contributed by atoms with Gasteiger partial charge in [0.1, 0.15) is 17.0 Å². The van der Waals surface area contributed by atoms with Gasteiger partial charge in [-0.25, -0.2) is 18.3 Å². The number of benzene rings is 1. The van der Waals surface area contributed by atoms with E-state index in [9.17, 15) is 18.4 Å². The number of hydrogen-bond donors (Lipinski definition) is 1. The number of carbonyl (C=O) groups is 2. The number of rotatable bonds is 4. The summed E-state index contributed by atoms with van der Waals surface area (Å²) < 4.78 is 33.8. The zero-order valence-corrected chi connectivity index (χ0v) is 14.6. The molecule has 5 rings (SSSR count). The quantitative estimate of drug-likeness (QED) is 0.835. The van der Waals surface area contributed by atoms with E-state index in [1.807, 2.05) is 0 Å². The number of fused-ring (bicyclic) bond motifs is 3. The van der Waals surface area contributed by atoms with Crippen LogP contribution in [0.5, 0.6) is 0 Å². The molecule has 2 aromatic rings. The zero-order valence-electron chi connectivity index (χ0n) is 14.6. The molecule has 27 heavy (non-hydrogen) atoms. The summed E-state index contributed by atoms with van der Waals surface area (Å²) in [5, 5.41) is 7.10. The van der Waals surface area contributed by atoms with E-state index in [1.54, 1.807) is 0 Å². The number of ether oxygens (including phenoxy) is 1. The summed E-state index contributed by atoms with van der Waals surface area (Å²) in [6.45, 7) is 0. The van der Waals surface area contributed by atoms with Gasteiger partial charge in [0.05, 0.1) is 12.8 Å². The van der Waals surface area contributed by atoms with Crippen molar-refractivity contribution in [2.75, 3.05) is 7.11 Å². The van der Waals surface area contributed by atoms with Gasteiger partial charge in [-0.2, -0.15) is 5.10 Å². The van der Waals surface area contributed by atoms with Crippen LogP contribution >= 0.6 is 0 Å². The molecular weight excluding hydrogens is 356 g/mol. The zero-order chi connectivity index (χ0) is 18.9. The van der Waals surface area contributed by atoms with E-state index in [0.29, 0.717) is 25.2 Å². The molecule has 0 unspecified atom stereocenters. The summed E-state index contributed by atoms with van der Waals surface area (Å²) in [6, 6.07) is 3.30. The highest BCUT2D eigenvalue weighted by molar-refractivity contribution is 5.99. The third kappa shape index (κ3) is 2.39. The van der Waals surface area contributed by atoms with E-state index in [1.165, 1.54) is 23.9 Å². The van der Waals surface area contributed by atoms with Crippen molar-refractivity contribution in [3.8, 4) is 5.69 Å². The Morgan fingerprint density at radius 2 is 2.11 bits per heavy atom. The van der Waals surface area contributed by atoms with Gasteiger partial charge in [0.2, 0.25) is 0 Å². The molecular formula is C19H17F2N3O3. The van der Waals surface area contributed by atoms with E-state index < -0.39 is 29.0 Å². The molecule has 1 aromatic heterocycles. The van der Waals surface area contributed by atoms with E-state index in [0.717, 1.165) is 23.7 Å². The van der Waals surface area contributed by atoms with Crippen LogP contribution in [0.25, 0.3) is 5.69 Å². The maximum Gasteiger partial charge on any atom is 0.331 e. The summed E-state index contributed by atoms with van der Waals surface area (Å²) >= 11 is 0. The van der Waals surface area contributed by atoms with E-state index in [-0.39, 0.29) is 17.3 Å². The first-order chi connectivity index (χ1) is 12.9. The predicted octanol–water partition coefficient (Wildman–Crippen LogP) is 2.25. The number of nitrogens with one attached hydrogen (secondary N) is 1. The van der Waals surface area contributed by atoms with Crippen molar-refractivity contribution >= 4 is 11.9 Å². The Kier molecular flexibility index (Phi) is 3.26. The van der Waals surface area contributed by atoms with Gasteiger partial charge in [-0.15, -0.1) is 0 Å². The number of methoxy groups -OCH3 is 1. The van der Waals surface area contributed by atoms with Crippen LogP contribution in [0.1, 0.15) is 46.9 Å². The van der Waals surface area contributed by atoms with Gasteiger partial charge < -0.3 is 10.1 Å². The third-order valence-electron chi connectivity index (χ3n) is 5.80. The predicted molar refractivity (Wildman–Crippen MR) is 89.5 cm³/mol. The summed E-state index contributed by atoms with van der Waals surface area (Å²) in [5.41, 5.74) is 0.951. The maximum absolute atomic E-state index is 14.3. The van der Waals surface area contributed by atoms with Crippen LogP contribution in [0.15, 0.2) is 18.2 Å². The molecule has 3 aliphatic rings. The van der Waals surface area contributed by atoms with Crippen molar-refractivity contribution < 1.29 is 23.1 Å². The highest BCUT2D eigenvalue weighted by atomic mass is 19.1. The molecule has 6 nitrogen and oxygen atoms in total. The van der Waals surface area contributed by atoms with Crippen LogP contribution in [0.4, 0.5) is 8.78 Å². The second-order valence-electron chi connectivity index (χ2n) is 7.55. The second kappa shape index (κ2) is 5.37. The summed E-state index contributed by atoms with van der Waals surface area (Å²) in [4.78, 5) is 24.7. The molecule has 0 aliphatic heterocycles. The molecule has 2 fully saturated rings.